The van der Waals surface area contributed by atoms with Gasteiger partial charge in [-0.3, -0.25) is 0 Å². The third kappa shape index (κ3) is 149. The number of hydrogen-bond acceptors (Lipinski definition) is 6. The Balaban J connectivity index is -0.00000000571. The molecule has 0 aliphatic carbocycles. The van der Waals surface area contributed by atoms with Crippen LogP contribution < -0.4 is 80.9 Å². The summed E-state index contributed by atoms with van der Waals surface area (Å²) in [7, 11) is 0. The normalized spacial score (nSPS) is 3.00. The van der Waals surface area contributed by atoms with Crippen LogP contribution in [0.15, 0.2) is 10.7 Å². The number of hydrogen-bond donors (Lipinski definition) is 0. The first-order chi connectivity index (χ1) is 2.83. The second kappa shape index (κ2) is 39.5. The molecule has 6 nitrogen and oxygen atoms in total. The van der Waals surface area contributed by atoms with Crippen LogP contribution in [0.25, 0.3) is 0 Å². The van der Waals surface area contributed by atoms with Gasteiger partial charge in [0.05, 0.1) is 0 Å². The van der Waals surface area contributed by atoms with E-state index in [0.717, 1.165) is 10.7 Å². The molecule has 0 aromatic carbocycles. The van der Waals surface area contributed by atoms with E-state index in [4.69, 9.17) is 20.2 Å². The van der Waals surface area contributed by atoms with Crippen LogP contribution in [0.1, 0.15) is 2.85 Å². The van der Waals surface area contributed by atoms with Crippen molar-refractivity contribution in [3.05, 3.63) is 20.2 Å². The first-order valence-electron chi connectivity index (χ1n) is 0.730. The summed E-state index contributed by atoms with van der Waals surface area (Å²) in [5.41, 5.74) is 0. The van der Waals surface area contributed by atoms with E-state index in [1.54, 1.807) is 0 Å². The Kier molecular flexibility index (Phi) is 112. The van der Waals surface area contributed by atoms with Gasteiger partial charge in [0.25, 0.3) is 0 Å². The third-order valence-corrected chi connectivity index (χ3v) is 0. The van der Waals surface area contributed by atoms with Gasteiger partial charge in [0.2, 0.25) is 0 Å². The third-order valence-electron chi connectivity index (χ3n) is 0. The first kappa shape index (κ1) is 22.7. The quantitative estimate of drug-likeness (QED) is 0.198. The molecular weight excluding hydrogens is 154 g/mol. The topological polar surface area (TPSA) is 105 Å². The molecule has 0 bridgehead atoms. The summed E-state index contributed by atoms with van der Waals surface area (Å²) in [6, 6.07) is 0. The second-order valence-electron chi connectivity index (χ2n) is 0.149. The maximum atomic E-state index is 8.00. The predicted octanol–water partition coefficient (Wildman–Crippen LogP) is -5.27. The Labute approximate surface area is 113 Å². The van der Waals surface area contributed by atoms with Crippen molar-refractivity contribution in [1.82, 2.24) is 0 Å². The average molecular weight is 156 g/mol. The molecule has 0 saturated carbocycles. The molecule has 0 heterocycles. The molecule has 0 aromatic rings. The molecule has 0 N–H and O–H groups in total. The van der Waals surface area contributed by atoms with Gasteiger partial charge < -0.3 is 21.7 Å². The molecule has 38 valence electrons. The molecule has 0 saturated heterocycles. The smallest absolute Gasteiger partial charge is 1.00 e. The van der Waals surface area contributed by atoms with Gasteiger partial charge in [-0.15, -0.1) is 10.7 Å². The van der Waals surface area contributed by atoms with Crippen molar-refractivity contribution in [3.63, 3.8) is 0 Å². The minimum absolute atomic E-state index is 0. The van der Waals surface area contributed by atoms with Gasteiger partial charge in [0.15, 0.2) is 0 Å². The number of rotatable bonds is 0. The zero-order valence-corrected chi connectivity index (χ0v) is 9.65. The SMILES string of the molecule is O=N[O-].O=N[O-].[H+].[H-].[K+].[Na+]. The molecule has 0 unspecified atom stereocenters. The molecule has 0 rings (SSSR count). The van der Waals surface area contributed by atoms with E-state index in [9.17, 15) is 0 Å². The van der Waals surface area contributed by atoms with Gasteiger partial charge in [0, 0.05) is 0 Å². The molecule has 0 radical (unpaired) electrons. The largest absolute Gasteiger partial charge is 1.00 e. The fraction of sp³-hybridized carbons (Fsp3) is 0. The van der Waals surface area contributed by atoms with Crippen molar-refractivity contribution in [2.75, 3.05) is 0 Å². The Morgan fingerprint density at radius 1 is 1.25 bits per heavy atom. The molecular formula is H2KN2NaO4. The summed E-state index contributed by atoms with van der Waals surface area (Å²) < 4.78 is 0. The molecule has 0 atom stereocenters. The van der Waals surface area contributed by atoms with Gasteiger partial charge in [0.1, 0.15) is 0 Å². The van der Waals surface area contributed by atoms with Gasteiger partial charge in [-0.05, 0) is 0 Å². The average Bonchev–Trinajstić information content (AvgIpc) is 1.39. The van der Waals surface area contributed by atoms with E-state index < -0.39 is 0 Å². The van der Waals surface area contributed by atoms with Crippen molar-refractivity contribution in [2.45, 2.75) is 0 Å². The van der Waals surface area contributed by atoms with Gasteiger partial charge >= 0.3 is 82.4 Å². The van der Waals surface area contributed by atoms with Crippen molar-refractivity contribution in [2.24, 2.45) is 10.7 Å². The van der Waals surface area contributed by atoms with Crippen LogP contribution in [-0.2, 0) is 0 Å². The van der Waals surface area contributed by atoms with Gasteiger partial charge in [-0.1, -0.05) is 0 Å². The van der Waals surface area contributed by atoms with Gasteiger partial charge in [-0.2, -0.15) is 0 Å². The monoisotopic (exact) mass is 156 g/mol. The molecule has 8 heavy (non-hydrogen) atoms. The van der Waals surface area contributed by atoms with Crippen molar-refractivity contribution in [1.29, 1.82) is 0 Å². The summed E-state index contributed by atoms with van der Waals surface area (Å²) in [5.74, 6) is 0. The zero-order valence-electron chi connectivity index (χ0n) is 6.53. The Bertz CT molecular complexity index is 42.2. The molecule has 0 aliphatic rings. The zero-order chi connectivity index (χ0) is 5.41. The van der Waals surface area contributed by atoms with Crippen LogP contribution >= 0.6 is 0 Å². The van der Waals surface area contributed by atoms with Crippen LogP contribution in [0.5, 0.6) is 0 Å². The molecule has 8 heteroatoms. The van der Waals surface area contributed by atoms with Crippen molar-refractivity contribution >= 4 is 0 Å². The fourth-order valence-electron chi connectivity index (χ4n) is 0. The summed E-state index contributed by atoms with van der Waals surface area (Å²) in [6.07, 6.45) is 0. The Morgan fingerprint density at radius 3 is 1.25 bits per heavy atom. The summed E-state index contributed by atoms with van der Waals surface area (Å²) in [4.78, 5) is 16.0. The molecule has 0 spiro atoms. The molecule has 0 fully saturated rings. The fourth-order valence-corrected chi connectivity index (χ4v) is 0. The predicted molar refractivity (Wildman–Crippen MR) is 20.5 cm³/mol. The minimum atomic E-state index is 0. The van der Waals surface area contributed by atoms with Crippen LogP contribution in [0, 0.1) is 20.2 Å². The van der Waals surface area contributed by atoms with Crippen LogP contribution in [-0.4, -0.2) is 0 Å². The van der Waals surface area contributed by atoms with E-state index in [1.165, 1.54) is 0 Å². The Hall–Kier alpha value is 1.44. The maximum absolute atomic E-state index is 8.00. The molecule has 0 aromatic heterocycles. The summed E-state index contributed by atoms with van der Waals surface area (Å²) in [6.45, 7) is 0. The van der Waals surface area contributed by atoms with Gasteiger partial charge in [-0.25, -0.2) is 0 Å². The maximum Gasteiger partial charge on any atom is 1.00 e. The first-order valence-corrected chi connectivity index (χ1v) is 0.730. The minimum Gasteiger partial charge on any atom is -1.00 e. The van der Waals surface area contributed by atoms with E-state index in [-0.39, 0.29) is 83.8 Å². The summed E-state index contributed by atoms with van der Waals surface area (Å²) >= 11 is 0. The number of nitrogens with zero attached hydrogens (tertiary/aromatic N) is 2. The molecule has 0 amide bonds. The standard InChI is InChI=1S/K.2HNO2.Na.H/c;2*2-1-3;;/h;2*(H,2,3);;/q+1;;;+1;-1/p-1. The van der Waals surface area contributed by atoms with E-state index in [0.29, 0.717) is 0 Å². The van der Waals surface area contributed by atoms with E-state index in [1.807, 2.05) is 0 Å². The molecule has 0 aliphatic heterocycles. The van der Waals surface area contributed by atoms with Crippen LogP contribution in [0.3, 0.4) is 0 Å². The van der Waals surface area contributed by atoms with E-state index in [2.05, 4.69) is 0 Å². The van der Waals surface area contributed by atoms with E-state index >= 15 is 0 Å². The van der Waals surface area contributed by atoms with Crippen LogP contribution in [0.4, 0.5) is 0 Å². The van der Waals surface area contributed by atoms with Crippen molar-refractivity contribution in [3.8, 4) is 0 Å². The second-order valence-corrected chi connectivity index (χ2v) is 0.149. The Morgan fingerprint density at radius 2 is 1.25 bits per heavy atom. The van der Waals surface area contributed by atoms with Crippen molar-refractivity contribution < 1.29 is 83.8 Å². The van der Waals surface area contributed by atoms with Crippen LogP contribution in [0.2, 0.25) is 0 Å². The summed E-state index contributed by atoms with van der Waals surface area (Å²) in [5, 5.41) is 18.0.